The SMILES string of the molecule is CC(O)c1ccc(OCCCN(Cc2cccc(C(F)(F)F)c2)CC(c2ccccc2)c2ccccc2)cc1S(C)(=O)=O. The number of benzene rings is 4. The van der Waals surface area contributed by atoms with Crippen molar-refractivity contribution in [3.8, 4) is 5.75 Å². The minimum Gasteiger partial charge on any atom is -0.494 e. The van der Waals surface area contributed by atoms with Gasteiger partial charge in [-0.1, -0.05) is 84.9 Å². The molecular formula is C34H36F3NO4S. The number of alkyl halides is 3. The molecule has 1 unspecified atom stereocenters. The number of rotatable bonds is 13. The van der Waals surface area contributed by atoms with E-state index in [-0.39, 0.29) is 17.4 Å². The number of halogens is 3. The monoisotopic (exact) mass is 611 g/mol. The standard InChI is InChI=1S/C34H36F3NO4S/c1-25(39)31-18-17-30(22-33(31)43(2,40)41)42-20-10-19-38(23-26-11-9-16-29(21-26)34(35,36)37)24-32(27-12-5-3-6-13-27)28-14-7-4-8-15-28/h3-9,11-18,21-22,25,32,39H,10,19-20,23-24H2,1-2H3. The van der Waals surface area contributed by atoms with Crippen LogP contribution in [0, 0.1) is 0 Å². The van der Waals surface area contributed by atoms with Gasteiger partial charge in [0.25, 0.3) is 0 Å². The summed E-state index contributed by atoms with van der Waals surface area (Å²) >= 11 is 0. The lowest BCUT2D eigenvalue weighted by Crippen LogP contribution is -2.31. The maximum absolute atomic E-state index is 13.5. The van der Waals surface area contributed by atoms with Crippen molar-refractivity contribution >= 4 is 9.84 Å². The average Bonchev–Trinajstić information content (AvgIpc) is 2.98. The Kier molecular flexibility index (Phi) is 10.7. The highest BCUT2D eigenvalue weighted by Crippen LogP contribution is 2.31. The first-order valence-electron chi connectivity index (χ1n) is 14.0. The molecule has 0 aliphatic rings. The fourth-order valence-corrected chi connectivity index (χ4v) is 6.12. The molecule has 0 saturated carbocycles. The summed E-state index contributed by atoms with van der Waals surface area (Å²) in [6.07, 6.45) is -3.76. The Hall–Kier alpha value is -3.66. The van der Waals surface area contributed by atoms with Gasteiger partial charge in [-0.2, -0.15) is 13.2 Å². The van der Waals surface area contributed by atoms with Crippen molar-refractivity contribution in [2.75, 3.05) is 26.0 Å². The third-order valence-electron chi connectivity index (χ3n) is 7.23. The van der Waals surface area contributed by atoms with Crippen LogP contribution in [-0.2, 0) is 22.6 Å². The molecule has 1 atom stereocenters. The Morgan fingerprint density at radius 2 is 1.49 bits per heavy atom. The topological polar surface area (TPSA) is 66.8 Å². The van der Waals surface area contributed by atoms with Crippen LogP contribution in [0.15, 0.2) is 108 Å². The summed E-state index contributed by atoms with van der Waals surface area (Å²) in [5, 5.41) is 9.98. The van der Waals surface area contributed by atoms with Crippen molar-refractivity contribution in [2.24, 2.45) is 0 Å². The molecule has 0 spiro atoms. The normalized spacial score (nSPS) is 12.9. The number of hydrogen-bond acceptors (Lipinski definition) is 5. The summed E-state index contributed by atoms with van der Waals surface area (Å²) in [6.45, 7) is 3.16. The lowest BCUT2D eigenvalue weighted by atomic mass is 9.90. The molecule has 43 heavy (non-hydrogen) atoms. The Morgan fingerprint density at radius 1 is 0.860 bits per heavy atom. The molecule has 0 bridgehead atoms. The summed E-state index contributed by atoms with van der Waals surface area (Å²) < 4.78 is 70.8. The molecule has 0 radical (unpaired) electrons. The highest BCUT2D eigenvalue weighted by molar-refractivity contribution is 7.90. The average molecular weight is 612 g/mol. The quantitative estimate of drug-likeness (QED) is 0.161. The molecule has 0 heterocycles. The van der Waals surface area contributed by atoms with Crippen molar-refractivity contribution in [1.29, 1.82) is 0 Å². The molecule has 0 amide bonds. The first-order valence-corrected chi connectivity index (χ1v) is 15.9. The van der Waals surface area contributed by atoms with Gasteiger partial charge in [0.05, 0.1) is 23.2 Å². The van der Waals surface area contributed by atoms with Crippen LogP contribution in [0.4, 0.5) is 13.2 Å². The lowest BCUT2D eigenvalue weighted by molar-refractivity contribution is -0.137. The highest BCUT2D eigenvalue weighted by Gasteiger charge is 2.30. The summed E-state index contributed by atoms with van der Waals surface area (Å²) in [5.41, 5.74) is 2.38. The largest absolute Gasteiger partial charge is 0.494 e. The molecule has 1 N–H and O–H groups in total. The van der Waals surface area contributed by atoms with Gasteiger partial charge in [0.1, 0.15) is 5.75 Å². The second kappa shape index (κ2) is 14.2. The maximum Gasteiger partial charge on any atom is 0.416 e. The smallest absolute Gasteiger partial charge is 0.416 e. The molecule has 4 aromatic carbocycles. The van der Waals surface area contributed by atoms with Crippen LogP contribution >= 0.6 is 0 Å². The third-order valence-corrected chi connectivity index (χ3v) is 8.38. The van der Waals surface area contributed by atoms with Gasteiger partial charge in [0.15, 0.2) is 9.84 Å². The highest BCUT2D eigenvalue weighted by atomic mass is 32.2. The van der Waals surface area contributed by atoms with Gasteiger partial charge in [-0.05, 0) is 53.8 Å². The second-order valence-electron chi connectivity index (χ2n) is 10.7. The Morgan fingerprint density at radius 3 is 2.05 bits per heavy atom. The van der Waals surface area contributed by atoms with Gasteiger partial charge in [0, 0.05) is 31.8 Å². The van der Waals surface area contributed by atoms with Gasteiger partial charge < -0.3 is 9.84 Å². The van der Waals surface area contributed by atoms with Gasteiger partial charge in [-0.15, -0.1) is 0 Å². The van der Waals surface area contributed by atoms with Gasteiger partial charge >= 0.3 is 6.18 Å². The lowest BCUT2D eigenvalue weighted by Gasteiger charge is -2.29. The minimum absolute atomic E-state index is 0.0136. The van der Waals surface area contributed by atoms with E-state index >= 15 is 0 Å². The van der Waals surface area contributed by atoms with Crippen molar-refractivity contribution in [3.05, 3.63) is 131 Å². The predicted molar refractivity (Wildman–Crippen MR) is 162 cm³/mol. The van der Waals surface area contributed by atoms with E-state index in [2.05, 4.69) is 29.2 Å². The predicted octanol–water partition coefficient (Wildman–Crippen LogP) is 7.27. The Bertz CT molecular complexity index is 1540. The zero-order chi connectivity index (χ0) is 31.0. The molecule has 228 valence electrons. The fraction of sp³-hybridized carbons (Fsp3) is 0.294. The van der Waals surface area contributed by atoms with E-state index in [1.807, 2.05) is 36.4 Å². The Labute approximate surface area is 251 Å². The first kappa shape index (κ1) is 32.3. The maximum atomic E-state index is 13.5. The van der Waals surface area contributed by atoms with Crippen molar-refractivity contribution in [2.45, 2.75) is 43.0 Å². The van der Waals surface area contributed by atoms with Crippen LogP contribution in [0.5, 0.6) is 5.75 Å². The van der Waals surface area contributed by atoms with E-state index in [1.165, 1.54) is 25.1 Å². The van der Waals surface area contributed by atoms with Crippen LogP contribution in [0.25, 0.3) is 0 Å². The molecule has 9 heteroatoms. The number of hydrogen-bond donors (Lipinski definition) is 1. The summed E-state index contributed by atoms with van der Waals surface area (Å²) in [4.78, 5) is 2.14. The number of aliphatic hydroxyl groups is 1. The minimum atomic E-state index is -4.43. The molecule has 0 aliphatic heterocycles. The van der Waals surface area contributed by atoms with Gasteiger partial charge in [-0.25, -0.2) is 8.42 Å². The molecular weight excluding hydrogens is 575 g/mol. The summed E-state index contributed by atoms with van der Waals surface area (Å²) in [7, 11) is -3.59. The van der Waals surface area contributed by atoms with Crippen LogP contribution in [0.3, 0.4) is 0 Å². The number of aliphatic hydroxyl groups excluding tert-OH is 1. The fourth-order valence-electron chi connectivity index (χ4n) is 5.12. The van der Waals surface area contributed by atoms with Gasteiger partial charge in [-0.3, -0.25) is 4.90 Å². The van der Waals surface area contributed by atoms with E-state index in [4.69, 9.17) is 4.74 Å². The number of ether oxygens (including phenoxy) is 1. The van der Waals surface area contributed by atoms with E-state index in [0.29, 0.717) is 42.9 Å². The first-order chi connectivity index (χ1) is 20.4. The molecule has 5 nitrogen and oxygen atoms in total. The third kappa shape index (κ3) is 9.16. The molecule has 0 fully saturated rings. The Balaban J connectivity index is 1.54. The van der Waals surface area contributed by atoms with E-state index < -0.39 is 27.7 Å². The van der Waals surface area contributed by atoms with Crippen molar-refractivity contribution in [3.63, 3.8) is 0 Å². The zero-order valence-corrected chi connectivity index (χ0v) is 25.0. The van der Waals surface area contributed by atoms with Crippen LogP contribution in [-0.4, -0.2) is 44.4 Å². The van der Waals surface area contributed by atoms with E-state index in [1.54, 1.807) is 18.2 Å². The van der Waals surface area contributed by atoms with Crippen LogP contribution in [0.2, 0.25) is 0 Å². The number of nitrogens with zero attached hydrogens (tertiary/aromatic N) is 1. The summed E-state index contributed by atoms with van der Waals surface area (Å²) in [6, 6.07) is 30.0. The molecule has 4 aromatic rings. The van der Waals surface area contributed by atoms with Crippen LogP contribution in [0.1, 0.15) is 53.2 Å². The van der Waals surface area contributed by atoms with Gasteiger partial charge in [0.2, 0.25) is 0 Å². The van der Waals surface area contributed by atoms with Crippen molar-refractivity contribution in [1.82, 2.24) is 4.90 Å². The van der Waals surface area contributed by atoms with E-state index in [0.717, 1.165) is 23.4 Å². The molecule has 4 rings (SSSR count). The van der Waals surface area contributed by atoms with Crippen LogP contribution < -0.4 is 4.74 Å². The molecule has 0 aromatic heterocycles. The number of sulfone groups is 1. The molecule has 0 saturated heterocycles. The molecule has 0 aliphatic carbocycles. The van der Waals surface area contributed by atoms with E-state index in [9.17, 15) is 26.7 Å². The van der Waals surface area contributed by atoms with Crippen molar-refractivity contribution < 1.29 is 31.4 Å². The zero-order valence-electron chi connectivity index (χ0n) is 24.2. The summed E-state index contributed by atoms with van der Waals surface area (Å²) in [5.74, 6) is 0.347. The second-order valence-corrected chi connectivity index (χ2v) is 12.6.